The van der Waals surface area contributed by atoms with Crippen molar-refractivity contribution in [2.75, 3.05) is 12.3 Å². The van der Waals surface area contributed by atoms with Crippen LogP contribution in [0.3, 0.4) is 0 Å². The zero-order chi connectivity index (χ0) is 13.5. The fourth-order valence-electron chi connectivity index (χ4n) is 1.84. The van der Waals surface area contributed by atoms with Crippen LogP contribution in [0.4, 0.5) is 13.2 Å². The van der Waals surface area contributed by atoms with E-state index >= 15 is 0 Å². The molecule has 0 saturated heterocycles. The van der Waals surface area contributed by atoms with Gasteiger partial charge >= 0.3 is 5.51 Å². The maximum absolute atomic E-state index is 12.0. The average Bonchev–Trinajstić information content (AvgIpc) is 2.11. The number of thioether (sulfide) groups is 1. The summed E-state index contributed by atoms with van der Waals surface area (Å²) in [4.78, 5) is 0. The van der Waals surface area contributed by atoms with Crippen LogP contribution in [0.2, 0.25) is 0 Å². The molecule has 0 aromatic heterocycles. The van der Waals surface area contributed by atoms with Crippen molar-refractivity contribution in [3.8, 4) is 0 Å². The van der Waals surface area contributed by atoms with Gasteiger partial charge in [0.2, 0.25) is 0 Å². The van der Waals surface area contributed by atoms with Crippen molar-refractivity contribution in [2.24, 2.45) is 5.41 Å². The minimum Gasteiger partial charge on any atom is -0.314 e. The van der Waals surface area contributed by atoms with Crippen LogP contribution in [-0.2, 0) is 0 Å². The quantitative estimate of drug-likeness (QED) is 0.700. The zero-order valence-electron chi connectivity index (χ0n) is 11.2. The van der Waals surface area contributed by atoms with Crippen molar-refractivity contribution in [2.45, 2.75) is 58.5 Å². The number of halogens is 3. The molecule has 1 N–H and O–H groups in total. The van der Waals surface area contributed by atoms with E-state index < -0.39 is 5.51 Å². The summed E-state index contributed by atoms with van der Waals surface area (Å²) in [6.45, 7) is 9.23. The van der Waals surface area contributed by atoms with Crippen LogP contribution in [0, 0.1) is 5.41 Å². The normalized spacial score (nSPS) is 15.0. The van der Waals surface area contributed by atoms with E-state index in [4.69, 9.17) is 0 Å². The summed E-state index contributed by atoms with van der Waals surface area (Å²) in [5.74, 6) is 0.150. The van der Waals surface area contributed by atoms with E-state index in [1.54, 1.807) is 0 Å². The Morgan fingerprint density at radius 2 is 1.82 bits per heavy atom. The van der Waals surface area contributed by atoms with Gasteiger partial charge in [0.15, 0.2) is 0 Å². The van der Waals surface area contributed by atoms with E-state index in [0.717, 1.165) is 19.4 Å². The highest BCUT2D eigenvalue weighted by Crippen LogP contribution is 2.35. The molecule has 0 saturated carbocycles. The highest BCUT2D eigenvalue weighted by Gasteiger charge is 2.29. The predicted octanol–water partition coefficient (Wildman–Crippen LogP) is 4.43. The third-order valence-corrected chi connectivity index (χ3v) is 3.38. The molecule has 17 heavy (non-hydrogen) atoms. The smallest absolute Gasteiger partial charge is 0.314 e. The molecule has 0 aliphatic heterocycles. The molecule has 0 aliphatic carbocycles. The van der Waals surface area contributed by atoms with Crippen LogP contribution in [0.25, 0.3) is 0 Å². The Balaban J connectivity index is 3.86. The lowest BCUT2D eigenvalue weighted by Crippen LogP contribution is -2.32. The molecule has 0 fully saturated rings. The number of hydrogen-bond donors (Lipinski definition) is 1. The lowest BCUT2D eigenvalue weighted by molar-refractivity contribution is -0.0329. The van der Waals surface area contributed by atoms with E-state index in [1.165, 1.54) is 0 Å². The van der Waals surface area contributed by atoms with Crippen LogP contribution >= 0.6 is 11.8 Å². The lowest BCUT2D eigenvalue weighted by Gasteiger charge is -2.28. The molecule has 1 atom stereocenters. The van der Waals surface area contributed by atoms with Crippen LogP contribution < -0.4 is 5.32 Å². The van der Waals surface area contributed by atoms with Gasteiger partial charge < -0.3 is 5.32 Å². The van der Waals surface area contributed by atoms with Gasteiger partial charge in [-0.15, -0.1) is 0 Å². The molecule has 1 nitrogen and oxygen atoms in total. The molecule has 1 unspecified atom stereocenters. The molecule has 5 heteroatoms. The van der Waals surface area contributed by atoms with Gasteiger partial charge in [0.1, 0.15) is 0 Å². The third kappa shape index (κ3) is 10.9. The maximum Gasteiger partial charge on any atom is 0.441 e. The first-order chi connectivity index (χ1) is 7.66. The first-order valence-corrected chi connectivity index (χ1v) is 7.09. The highest BCUT2D eigenvalue weighted by atomic mass is 32.2. The van der Waals surface area contributed by atoms with E-state index in [1.807, 2.05) is 13.8 Å². The monoisotopic (exact) mass is 271 g/mol. The molecule has 0 bridgehead atoms. The number of alkyl halides is 3. The van der Waals surface area contributed by atoms with E-state index in [9.17, 15) is 13.2 Å². The second-order valence-corrected chi connectivity index (χ2v) is 6.43. The van der Waals surface area contributed by atoms with E-state index in [2.05, 4.69) is 19.2 Å². The standard InChI is InChI=1S/C12H24F3NS/c1-5-7-16-10(2)9-11(3,4)6-8-17-12(13,14)15/h10,16H,5-9H2,1-4H3. The topological polar surface area (TPSA) is 12.0 Å². The minimum atomic E-state index is -4.10. The zero-order valence-corrected chi connectivity index (χ0v) is 12.0. The summed E-state index contributed by atoms with van der Waals surface area (Å²) in [5, 5.41) is 3.37. The van der Waals surface area contributed by atoms with Gasteiger partial charge in [0.05, 0.1) is 0 Å². The Hall–Kier alpha value is 0.100. The number of rotatable bonds is 8. The molecule has 0 radical (unpaired) electrons. The van der Waals surface area contributed by atoms with Crippen LogP contribution in [0.15, 0.2) is 0 Å². The molecule has 0 aromatic rings. The van der Waals surface area contributed by atoms with Crippen LogP contribution in [0.1, 0.15) is 47.0 Å². The molecule has 0 heterocycles. The number of hydrogen-bond acceptors (Lipinski definition) is 2. The van der Waals surface area contributed by atoms with Gasteiger partial charge in [0, 0.05) is 11.8 Å². The molecule has 0 aromatic carbocycles. The van der Waals surface area contributed by atoms with Gasteiger partial charge in [-0.25, -0.2) is 0 Å². The van der Waals surface area contributed by atoms with Crippen molar-refractivity contribution in [3.63, 3.8) is 0 Å². The molecule has 0 aliphatic rings. The Labute approximate surface area is 107 Å². The first-order valence-electron chi connectivity index (χ1n) is 6.10. The number of nitrogens with one attached hydrogen (secondary N) is 1. The van der Waals surface area contributed by atoms with Crippen molar-refractivity contribution < 1.29 is 13.2 Å². The fourth-order valence-corrected chi connectivity index (χ4v) is 2.72. The molecule has 0 amide bonds. The summed E-state index contributed by atoms with van der Waals surface area (Å²) in [7, 11) is 0. The Kier molecular flexibility index (Phi) is 7.56. The van der Waals surface area contributed by atoms with Crippen LogP contribution in [0.5, 0.6) is 0 Å². The summed E-state index contributed by atoms with van der Waals surface area (Å²) in [6, 6.07) is 0.362. The maximum atomic E-state index is 12.0. The summed E-state index contributed by atoms with van der Waals surface area (Å²) < 4.78 is 36.0. The molecular formula is C12H24F3NS. The average molecular weight is 271 g/mol. The Morgan fingerprint density at radius 3 is 2.29 bits per heavy atom. The van der Waals surface area contributed by atoms with Gasteiger partial charge in [-0.2, -0.15) is 13.2 Å². The molecule has 0 rings (SSSR count). The van der Waals surface area contributed by atoms with E-state index in [0.29, 0.717) is 12.5 Å². The summed E-state index contributed by atoms with van der Waals surface area (Å²) in [5.41, 5.74) is -4.14. The fraction of sp³-hybridized carbons (Fsp3) is 1.00. The predicted molar refractivity (Wildman–Crippen MR) is 69.3 cm³/mol. The molecule has 0 spiro atoms. The third-order valence-electron chi connectivity index (χ3n) is 2.65. The van der Waals surface area contributed by atoms with Crippen LogP contribution in [-0.4, -0.2) is 23.8 Å². The van der Waals surface area contributed by atoms with Gasteiger partial charge in [0.25, 0.3) is 0 Å². The first kappa shape index (κ1) is 17.1. The Bertz CT molecular complexity index is 204. The second-order valence-electron chi connectivity index (χ2n) is 5.27. The van der Waals surface area contributed by atoms with E-state index in [-0.39, 0.29) is 22.9 Å². The largest absolute Gasteiger partial charge is 0.441 e. The van der Waals surface area contributed by atoms with Crippen molar-refractivity contribution >= 4 is 11.8 Å². The molecular weight excluding hydrogens is 247 g/mol. The Morgan fingerprint density at radius 1 is 1.24 bits per heavy atom. The van der Waals surface area contributed by atoms with Gasteiger partial charge in [-0.1, -0.05) is 32.5 Å². The molecule has 104 valence electrons. The van der Waals surface area contributed by atoms with Gasteiger partial charge in [-0.05, 0) is 38.1 Å². The summed E-state index contributed by atoms with van der Waals surface area (Å²) >= 11 is 0.0850. The van der Waals surface area contributed by atoms with Crippen molar-refractivity contribution in [1.82, 2.24) is 5.32 Å². The van der Waals surface area contributed by atoms with Gasteiger partial charge in [-0.3, -0.25) is 0 Å². The second kappa shape index (κ2) is 7.52. The van der Waals surface area contributed by atoms with Crippen molar-refractivity contribution in [1.29, 1.82) is 0 Å². The minimum absolute atomic E-state index is 0.0432. The summed E-state index contributed by atoms with van der Waals surface area (Å²) in [6.07, 6.45) is 2.58. The lowest BCUT2D eigenvalue weighted by atomic mass is 9.83. The van der Waals surface area contributed by atoms with Crippen molar-refractivity contribution in [3.05, 3.63) is 0 Å². The highest BCUT2D eigenvalue weighted by molar-refractivity contribution is 8.00. The SMILES string of the molecule is CCCNC(C)CC(C)(C)CCSC(F)(F)F.